The molecule has 0 aliphatic heterocycles. The van der Waals surface area contributed by atoms with Gasteiger partial charge in [-0.2, -0.15) is 0 Å². The van der Waals surface area contributed by atoms with Crippen LogP contribution in [0.4, 0.5) is 11.4 Å². The third-order valence-corrected chi connectivity index (χ3v) is 2.86. The standard InChI is InChI=1S/C16H22N2O3/c1-3-4-5-6-15(11-16(20)21)18-14-9-7-13(8-10-14)17-12(2)19/h7-11,18H,3-6H2,1-2H3,(H,17,19)(H,20,21)/b15-11+. The molecule has 0 aromatic heterocycles. The lowest BCUT2D eigenvalue weighted by atomic mass is 10.1. The van der Waals surface area contributed by atoms with Crippen LogP contribution >= 0.6 is 0 Å². The molecule has 21 heavy (non-hydrogen) atoms. The first-order valence-corrected chi connectivity index (χ1v) is 7.09. The number of allylic oxidation sites excluding steroid dienone is 1. The van der Waals surface area contributed by atoms with Crippen molar-refractivity contribution >= 4 is 23.3 Å². The van der Waals surface area contributed by atoms with Crippen molar-refractivity contribution in [3.8, 4) is 0 Å². The maximum Gasteiger partial charge on any atom is 0.330 e. The van der Waals surface area contributed by atoms with Crippen molar-refractivity contribution in [3.05, 3.63) is 36.0 Å². The second kappa shape index (κ2) is 8.79. The summed E-state index contributed by atoms with van der Waals surface area (Å²) >= 11 is 0. The van der Waals surface area contributed by atoms with E-state index in [2.05, 4.69) is 17.6 Å². The van der Waals surface area contributed by atoms with Gasteiger partial charge in [-0.05, 0) is 37.1 Å². The van der Waals surface area contributed by atoms with Gasteiger partial charge in [0.05, 0.1) is 0 Å². The SMILES string of the molecule is CCCCC/C(=C\C(=O)O)Nc1ccc(NC(C)=O)cc1. The average molecular weight is 290 g/mol. The Balaban J connectivity index is 2.69. The number of benzene rings is 1. The summed E-state index contributed by atoms with van der Waals surface area (Å²) in [5.41, 5.74) is 2.19. The van der Waals surface area contributed by atoms with Crippen LogP contribution in [0.3, 0.4) is 0 Å². The minimum atomic E-state index is -0.955. The number of nitrogens with one attached hydrogen (secondary N) is 2. The van der Waals surface area contributed by atoms with Gasteiger partial charge in [0.1, 0.15) is 0 Å². The van der Waals surface area contributed by atoms with Gasteiger partial charge in [-0.15, -0.1) is 0 Å². The maximum absolute atomic E-state index is 10.9. The van der Waals surface area contributed by atoms with Crippen LogP contribution < -0.4 is 10.6 Å². The Morgan fingerprint density at radius 1 is 1.10 bits per heavy atom. The number of anilines is 2. The predicted molar refractivity (Wildman–Crippen MR) is 84.2 cm³/mol. The number of rotatable bonds is 8. The number of hydrogen-bond acceptors (Lipinski definition) is 3. The summed E-state index contributed by atoms with van der Waals surface area (Å²) in [5, 5.41) is 14.7. The van der Waals surface area contributed by atoms with Crippen LogP contribution in [0.5, 0.6) is 0 Å². The number of carboxylic acids is 1. The summed E-state index contributed by atoms with van der Waals surface area (Å²) < 4.78 is 0. The number of amides is 1. The number of hydrogen-bond donors (Lipinski definition) is 3. The zero-order valence-electron chi connectivity index (χ0n) is 12.5. The van der Waals surface area contributed by atoms with E-state index in [1.165, 1.54) is 13.0 Å². The molecular weight excluding hydrogens is 268 g/mol. The van der Waals surface area contributed by atoms with Crippen molar-refractivity contribution in [3.63, 3.8) is 0 Å². The van der Waals surface area contributed by atoms with Crippen molar-refractivity contribution in [2.45, 2.75) is 39.5 Å². The van der Waals surface area contributed by atoms with Crippen molar-refractivity contribution < 1.29 is 14.7 Å². The minimum absolute atomic E-state index is 0.123. The second-order valence-corrected chi connectivity index (χ2v) is 4.85. The Bertz CT molecular complexity index is 507. The Labute approximate surface area is 125 Å². The molecule has 0 bridgehead atoms. The van der Waals surface area contributed by atoms with Crippen LogP contribution in [0.15, 0.2) is 36.0 Å². The van der Waals surface area contributed by atoms with Crippen LogP contribution in [0, 0.1) is 0 Å². The molecule has 0 saturated carbocycles. The van der Waals surface area contributed by atoms with Crippen molar-refractivity contribution in [1.29, 1.82) is 0 Å². The number of carboxylic acid groups (broad SMARTS) is 1. The highest BCUT2D eigenvalue weighted by Crippen LogP contribution is 2.18. The smallest absolute Gasteiger partial charge is 0.330 e. The van der Waals surface area contributed by atoms with Gasteiger partial charge in [0, 0.05) is 30.1 Å². The fourth-order valence-corrected chi connectivity index (χ4v) is 1.91. The molecule has 5 nitrogen and oxygen atoms in total. The normalized spacial score (nSPS) is 11.0. The van der Waals surface area contributed by atoms with Crippen LogP contribution in [-0.2, 0) is 9.59 Å². The molecule has 3 N–H and O–H groups in total. The molecule has 0 heterocycles. The molecule has 1 aromatic rings. The lowest BCUT2D eigenvalue weighted by molar-refractivity contribution is -0.131. The molecule has 1 amide bonds. The molecule has 0 spiro atoms. The van der Waals surface area contributed by atoms with E-state index in [1.807, 2.05) is 0 Å². The highest BCUT2D eigenvalue weighted by atomic mass is 16.4. The molecule has 114 valence electrons. The fourth-order valence-electron chi connectivity index (χ4n) is 1.91. The van der Waals surface area contributed by atoms with E-state index in [0.29, 0.717) is 17.8 Å². The number of carbonyl (C=O) groups excluding carboxylic acids is 1. The van der Waals surface area contributed by atoms with Gasteiger partial charge in [-0.3, -0.25) is 4.79 Å². The summed E-state index contributed by atoms with van der Waals surface area (Å²) in [7, 11) is 0. The predicted octanol–water partition coefficient (Wildman–Crippen LogP) is 3.61. The maximum atomic E-state index is 10.9. The van der Waals surface area contributed by atoms with E-state index in [0.717, 1.165) is 24.9 Å². The van der Waals surface area contributed by atoms with Gasteiger partial charge in [-0.1, -0.05) is 19.8 Å². The largest absolute Gasteiger partial charge is 0.478 e. The Hall–Kier alpha value is -2.30. The van der Waals surface area contributed by atoms with E-state index in [1.54, 1.807) is 24.3 Å². The first-order valence-electron chi connectivity index (χ1n) is 7.09. The topological polar surface area (TPSA) is 78.4 Å². The van der Waals surface area contributed by atoms with E-state index in [-0.39, 0.29) is 5.91 Å². The quantitative estimate of drug-likeness (QED) is 0.505. The molecule has 0 saturated heterocycles. The highest BCUT2D eigenvalue weighted by Gasteiger charge is 2.03. The molecule has 0 aliphatic carbocycles. The fraction of sp³-hybridized carbons (Fsp3) is 0.375. The first-order chi connectivity index (χ1) is 10.0. The first kappa shape index (κ1) is 16.8. The molecule has 0 radical (unpaired) electrons. The molecule has 0 atom stereocenters. The average Bonchev–Trinajstić information content (AvgIpc) is 2.40. The summed E-state index contributed by atoms with van der Waals surface area (Å²) in [6.45, 7) is 3.56. The van der Waals surface area contributed by atoms with Gasteiger partial charge < -0.3 is 15.7 Å². The van der Waals surface area contributed by atoms with Gasteiger partial charge >= 0.3 is 5.97 Å². The Kier molecular flexibility index (Phi) is 7.01. The molecule has 1 rings (SSSR count). The summed E-state index contributed by atoms with van der Waals surface area (Å²) in [5.74, 6) is -1.08. The molecule has 1 aromatic carbocycles. The highest BCUT2D eigenvalue weighted by molar-refractivity contribution is 5.88. The van der Waals surface area contributed by atoms with Crippen LogP contribution in [0.2, 0.25) is 0 Å². The molecule has 5 heteroatoms. The van der Waals surface area contributed by atoms with Crippen molar-refractivity contribution in [2.24, 2.45) is 0 Å². The zero-order valence-corrected chi connectivity index (χ0v) is 12.5. The molecular formula is C16H22N2O3. The zero-order chi connectivity index (χ0) is 15.7. The van der Waals surface area contributed by atoms with Crippen LogP contribution in [-0.4, -0.2) is 17.0 Å². The van der Waals surface area contributed by atoms with Crippen molar-refractivity contribution in [1.82, 2.24) is 0 Å². The molecule has 0 aliphatic rings. The van der Waals surface area contributed by atoms with Gasteiger partial charge in [0.25, 0.3) is 0 Å². The lowest BCUT2D eigenvalue weighted by Gasteiger charge is -2.11. The monoisotopic (exact) mass is 290 g/mol. The van der Waals surface area contributed by atoms with Gasteiger partial charge in [0.15, 0.2) is 0 Å². The second-order valence-electron chi connectivity index (χ2n) is 4.85. The van der Waals surface area contributed by atoms with E-state index < -0.39 is 5.97 Å². The number of unbranched alkanes of at least 4 members (excludes halogenated alkanes) is 2. The Morgan fingerprint density at radius 3 is 2.14 bits per heavy atom. The van der Waals surface area contributed by atoms with Crippen molar-refractivity contribution in [2.75, 3.05) is 10.6 Å². The summed E-state index contributed by atoms with van der Waals surface area (Å²) in [6.07, 6.45) is 5.02. The molecule has 0 fully saturated rings. The van der Waals surface area contributed by atoms with Gasteiger partial charge in [-0.25, -0.2) is 4.79 Å². The van der Waals surface area contributed by atoms with E-state index >= 15 is 0 Å². The van der Waals surface area contributed by atoms with Crippen LogP contribution in [0.1, 0.15) is 39.5 Å². The van der Waals surface area contributed by atoms with E-state index in [4.69, 9.17) is 5.11 Å². The third-order valence-electron chi connectivity index (χ3n) is 2.86. The van der Waals surface area contributed by atoms with Crippen LogP contribution in [0.25, 0.3) is 0 Å². The van der Waals surface area contributed by atoms with Gasteiger partial charge in [0.2, 0.25) is 5.91 Å². The Morgan fingerprint density at radius 2 is 1.67 bits per heavy atom. The summed E-state index contributed by atoms with van der Waals surface area (Å²) in [4.78, 5) is 21.8. The molecule has 0 unspecified atom stereocenters. The number of carbonyl (C=O) groups is 2. The van der Waals surface area contributed by atoms with E-state index in [9.17, 15) is 9.59 Å². The lowest BCUT2D eigenvalue weighted by Crippen LogP contribution is -2.06. The summed E-state index contributed by atoms with van der Waals surface area (Å²) in [6, 6.07) is 7.16. The minimum Gasteiger partial charge on any atom is -0.478 e. The number of aliphatic carboxylic acids is 1. The third kappa shape index (κ3) is 7.15.